The summed E-state index contributed by atoms with van der Waals surface area (Å²) < 4.78 is 10.7. The Morgan fingerprint density at radius 3 is 2.24 bits per heavy atom. The van der Waals surface area contributed by atoms with E-state index in [9.17, 15) is 14.4 Å². The van der Waals surface area contributed by atoms with Gasteiger partial charge in [0.25, 0.3) is 11.8 Å². The number of methoxy groups -OCH3 is 2. The van der Waals surface area contributed by atoms with Gasteiger partial charge in [-0.25, -0.2) is 0 Å². The van der Waals surface area contributed by atoms with Crippen LogP contribution in [-0.4, -0.2) is 37.7 Å². The topological polar surface area (TPSA) is 106 Å². The largest absolute Gasteiger partial charge is 0.497 e. The van der Waals surface area contributed by atoms with Gasteiger partial charge in [0, 0.05) is 27.8 Å². The Hall–Kier alpha value is -4.73. The van der Waals surface area contributed by atoms with E-state index in [0.717, 1.165) is 4.90 Å². The highest BCUT2D eigenvalue weighted by atomic mass is 35.5. The van der Waals surface area contributed by atoms with E-state index in [2.05, 4.69) is 16.0 Å². The fourth-order valence-corrected chi connectivity index (χ4v) is 4.65. The first-order valence-corrected chi connectivity index (χ1v) is 14.1. The van der Waals surface area contributed by atoms with Gasteiger partial charge in [-0.1, -0.05) is 41.9 Å². The number of hydrogen-bond donors (Lipinski definition) is 3. The minimum atomic E-state index is -0.531. The van der Waals surface area contributed by atoms with Crippen LogP contribution in [0.5, 0.6) is 11.5 Å². The number of para-hydroxylation sites is 1. The molecule has 0 spiro atoms. The van der Waals surface area contributed by atoms with Crippen LogP contribution in [0.15, 0.2) is 108 Å². The van der Waals surface area contributed by atoms with Crippen molar-refractivity contribution in [3.63, 3.8) is 0 Å². The Balaban J connectivity index is 1.46. The van der Waals surface area contributed by atoms with Crippen molar-refractivity contribution in [2.24, 2.45) is 0 Å². The lowest BCUT2D eigenvalue weighted by Crippen LogP contribution is -2.30. The molecular weight excluding hydrogens is 574 g/mol. The first-order valence-electron chi connectivity index (χ1n) is 12.7. The Morgan fingerprint density at radius 2 is 1.55 bits per heavy atom. The van der Waals surface area contributed by atoms with Crippen molar-refractivity contribution in [3.05, 3.63) is 119 Å². The molecule has 10 heteroatoms. The van der Waals surface area contributed by atoms with Crippen molar-refractivity contribution in [1.82, 2.24) is 5.32 Å². The Bertz CT molecular complexity index is 1590. The number of carbonyl (C=O) groups excluding carboxylic acids is 3. The third kappa shape index (κ3) is 8.39. The van der Waals surface area contributed by atoms with Gasteiger partial charge in [0.15, 0.2) is 0 Å². The fraction of sp³-hybridized carbons (Fsp3) is 0.0938. The third-order valence-corrected chi connectivity index (χ3v) is 7.24. The lowest BCUT2D eigenvalue weighted by Gasteiger charge is -2.13. The van der Waals surface area contributed by atoms with Crippen LogP contribution in [0, 0.1) is 0 Å². The summed E-state index contributed by atoms with van der Waals surface area (Å²) in [7, 11) is 3.05. The van der Waals surface area contributed by atoms with Gasteiger partial charge in [0.1, 0.15) is 17.2 Å². The molecule has 0 aliphatic rings. The third-order valence-electron chi connectivity index (χ3n) is 5.90. The molecular formula is C32H28ClN3O5S. The number of ether oxygens (including phenoxy) is 2. The van der Waals surface area contributed by atoms with Gasteiger partial charge >= 0.3 is 0 Å². The van der Waals surface area contributed by atoms with E-state index < -0.39 is 11.8 Å². The number of amides is 3. The molecule has 3 amide bonds. The van der Waals surface area contributed by atoms with Crippen LogP contribution in [0.25, 0.3) is 6.08 Å². The number of anilines is 2. The number of nitrogens with one attached hydrogen (secondary N) is 3. The molecule has 42 heavy (non-hydrogen) atoms. The lowest BCUT2D eigenvalue weighted by molar-refractivity contribution is -0.114. The SMILES string of the molecule is COc1ccc(/C=C(\NC(=O)c2ccccc2)C(=O)Nc2ccc(SCC(=O)Nc3ccccc3Cl)cc2)c(OC)c1. The van der Waals surface area contributed by atoms with Crippen molar-refractivity contribution in [1.29, 1.82) is 0 Å². The lowest BCUT2D eigenvalue weighted by atomic mass is 10.1. The number of benzene rings is 4. The Morgan fingerprint density at radius 1 is 0.833 bits per heavy atom. The average Bonchev–Trinajstić information content (AvgIpc) is 3.02. The second kappa shape index (κ2) is 14.8. The molecule has 4 aromatic carbocycles. The highest BCUT2D eigenvalue weighted by Gasteiger charge is 2.17. The summed E-state index contributed by atoms with van der Waals surface area (Å²) in [6, 6.07) is 27.8. The maximum atomic E-state index is 13.4. The van der Waals surface area contributed by atoms with E-state index in [-0.39, 0.29) is 17.4 Å². The summed E-state index contributed by atoms with van der Waals surface area (Å²) in [5.74, 6) is 0.0708. The van der Waals surface area contributed by atoms with Crippen molar-refractivity contribution in [2.75, 3.05) is 30.6 Å². The fourth-order valence-electron chi connectivity index (χ4n) is 3.77. The molecule has 0 radical (unpaired) electrons. The molecule has 0 aliphatic carbocycles. The van der Waals surface area contributed by atoms with Gasteiger partial charge in [-0.2, -0.15) is 0 Å². The number of rotatable bonds is 11. The highest BCUT2D eigenvalue weighted by molar-refractivity contribution is 8.00. The molecule has 0 heterocycles. The first kappa shape index (κ1) is 30.2. The maximum Gasteiger partial charge on any atom is 0.272 e. The molecule has 0 atom stereocenters. The van der Waals surface area contributed by atoms with Crippen molar-refractivity contribution in [2.45, 2.75) is 4.90 Å². The zero-order valence-corrected chi connectivity index (χ0v) is 24.4. The van der Waals surface area contributed by atoms with Crippen LogP contribution in [0.4, 0.5) is 11.4 Å². The second-order valence-corrected chi connectivity index (χ2v) is 10.2. The van der Waals surface area contributed by atoms with E-state index in [1.807, 2.05) is 0 Å². The maximum absolute atomic E-state index is 13.4. The van der Waals surface area contributed by atoms with E-state index in [4.69, 9.17) is 21.1 Å². The van der Waals surface area contributed by atoms with Gasteiger partial charge in [-0.15, -0.1) is 11.8 Å². The zero-order valence-electron chi connectivity index (χ0n) is 22.8. The molecule has 3 N–H and O–H groups in total. The van der Waals surface area contributed by atoms with Crippen molar-refractivity contribution in [3.8, 4) is 11.5 Å². The Labute approximate surface area is 253 Å². The number of halogens is 1. The summed E-state index contributed by atoms with van der Waals surface area (Å²) in [6.45, 7) is 0. The Kier molecular flexibility index (Phi) is 10.6. The zero-order chi connectivity index (χ0) is 29.9. The van der Waals surface area contributed by atoms with Crippen molar-refractivity contribution >= 4 is 58.5 Å². The van der Waals surface area contributed by atoms with E-state index in [0.29, 0.717) is 39.0 Å². The molecule has 0 fully saturated rings. The molecule has 8 nitrogen and oxygen atoms in total. The summed E-state index contributed by atoms with van der Waals surface area (Å²) in [6.07, 6.45) is 1.54. The predicted octanol–water partition coefficient (Wildman–Crippen LogP) is 6.50. The summed E-state index contributed by atoms with van der Waals surface area (Å²) in [4.78, 5) is 39.5. The van der Waals surface area contributed by atoms with Gasteiger partial charge in [-0.3, -0.25) is 14.4 Å². The quantitative estimate of drug-likeness (QED) is 0.134. The van der Waals surface area contributed by atoms with Crippen molar-refractivity contribution < 1.29 is 23.9 Å². The van der Waals surface area contributed by atoms with Crippen LogP contribution in [0.1, 0.15) is 15.9 Å². The van der Waals surface area contributed by atoms with Crippen LogP contribution < -0.4 is 25.4 Å². The average molecular weight is 602 g/mol. The molecule has 214 valence electrons. The van der Waals surface area contributed by atoms with Crippen LogP contribution >= 0.6 is 23.4 Å². The normalized spacial score (nSPS) is 10.9. The van der Waals surface area contributed by atoms with Crippen LogP contribution in [-0.2, 0) is 9.59 Å². The van der Waals surface area contributed by atoms with Crippen LogP contribution in [0.3, 0.4) is 0 Å². The van der Waals surface area contributed by atoms with Gasteiger partial charge in [0.2, 0.25) is 5.91 Å². The van der Waals surface area contributed by atoms with Gasteiger partial charge < -0.3 is 25.4 Å². The van der Waals surface area contributed by atoms with E-state index in [1.165, 1.54) is 24.9 Å². The first-order chi connectivity index (χ1) is 20.4. The minimum absolute atomic E-state index is 0.0158. The summed E-state index contributed by atoms with van der Waals surface area (Å²) >= 11 is 7.45. The molecule has 0 saturated heterocycles. The monoisotopic (exact) mass is 601 g/mol. The summed E-state index contributed by atoms with van der Waals surface area (Å²) in [5, 5.41) is 8.79. The molecule has 4 aromatic rings. The molecule has 0 unspecified atom stereocenters. The van der Waals surface area contributed by atoms with Gasteiger partial charge in [-0.05, 0) is 66.7 Å². The molecule has 0 aliphatic heterocycles. The second-order valence-electron chi connectivity index (χ2n) is 8.78. The molecule has 0 aromatic heterocycles. The van der Waals surface area contributed by atoms with E-state index in [1.54, 1.807) is 104 Å². The molecule has 0 saturated carbocycles. The molecule has 4 rings (SSSR count). The number of hydrogen-bond acceptors (Lipinski definition) is 6. The predicted molar refractivity (Wildman–Crippen MR) is 167 cm³/mol. The van der Waals surface area contributed by atoms with Crippen LogP contribution in [0.2, 0.25) is 5.02 Å². The number of thioether (sulfide) groups is 1. The number of carbonyl (C=O) groups is 3. The smallest absolute Gasteiger partial charge is 0.272 e. The molecule has 0 bridgehead atoms. The van der Waals surface area contributed by atoms with Gasteiger partial charge in [0.05, 0.1) is 30.7 Å². The standard InChI is InChI=1S/C32H28ClN3O5S/c1-40-24-15-12-22(29(19-24)41-2)18-28(36-31(38)21-8-4-3-5-9-21)32(39)34-23-13-16-25(17-14-23)42-20-30(37)35-27-11-7-6-10-26(27)33/h3-19H,20H2,1-2H3,(H,34,39)(H,35,37)(H,36,38)/b28-18-. The summed E-state index contributed by atoms with van der Waals surface area (Å²) in [5.41, 5.74) is 2.04. The highest BCUT2D eigenvalue weighted by Crippen LogP contribution is 2.27. The minimum Gasteiger partial charge on any atom is -0.497 e. The van der Waals surface area contributed by atoms with E-state index >= 15 is 0 Å².